The predicted octanol–water partition coefficient (Wildman–Crippen LogP) is 3.09. The summed E-state index contributed by atoms with van der Waals surface area (Å²) in [6, 6.07) is 5.74. The highest BCUT2D eigenvalue weighted by Gasteiger charge is 2.13. The number of hydrogen-bond donors (Lipinski definition) is 1. The van der Waals surface area contributed by atoms with E-state index >= 15 is 0 Å². The van der Waals surface area contributed by atoms with E-state index in [0.717, 1.165) is 10.7 Å². The van der Waals surface area contributed by atoms with E-state index < -0.39 is 5.82 Å². The van der Waals surface area contributed by atoms with Crippen molar-refractivity contribution < 1.29 is 18.3 Å². The summed E-state index contributed by atoms with van der Waals surface area (Å²) in [5.74, 6) is -0.158. The number of aromatic nitrogens is 2. The number of carbonyl (C=O) groups is 1. The molecule has 0 fully saturated rings. The fourth-order valence-electron chi connectivity index (χ4n) is 1.91. The molecular weight excluding hydrogens is 333 g/mol. The van der Waals surface area contributed by atoms with E-state index in [4.69, 9.17) is 9.15 Å². The Hall–Kier alpha value is -2.74. The molecule has 124 valence electrons. The van der Waals surface area contributed by atoms with Crippen LogP contribution in [0.15, 0.2) is 40.3 Å². The smallest absolute Gasteiger partial charge is 0.273 e. The summed E-state index contributed by atoms with van der Waals surface area (Å²) in [6.45, 7) is 2.23. The molecule has 0 aliphatic rings. The molecule has 8 heteroatoms. The Kier molecular flexibility index (Phi) is 4.85. The molecule has 1 N–H and O–H groups in total. The monoisotopic (exact) mass is 347 g/mol. The van der Waals surface area contributed by atoms with Crippen molar-refractivity contribution in [2.75, 3.05) is 0 Å². The molecule has 6 nitrogen and oxygen atoms in total. The maximum absolute atomic E-state index is 13.1. The van der Waals surface area contributed by atoms with Gasteiger partial charge in [0.2, 0.25) is 5.89 Å². The molecule has 1 aromatic carbocycles. The van der Waals surface area contributed by atoms with Crippen molar-refractivity contribution in [1.82, 2.24) is 15.3 Å². The van der Waals surface area contributed by atoms with Gasteiger partial charge in [0.25, 0.3) is 5.91 Å². The summed E-state index contributed by atoms with van der Waals surface area (Å²) < 4.78 is 23.6. The molecule has 2 heterocycles. The molecule has 0 saturated heterocycles. The van der Waals surface area contributed by atoms with Gasteiger partial charge in [-0.2, -0.15) is 0 Å². The summed E-state index contributed by atoms with van der Waals surface area (Å²) in [4.78, 5) is 20.3. The molecule has 0 atom stereocenters. The third kappa shape index (κ3) is 4.17. The number of rotatable bonds is 6. The molecular formula is C16H14FN3O3S. The molecule has 0 aliphatic heterocycles. The van der Waals surface area contributed by atoms with Crippen molar-refractivity contribution in [1.29, 1.82) is 0 Å². The average Bonchev–Trinajstić information content (AvgIpc) is 3.20. The molecule has 3 rings (SSSR count). The number of oxazole rings is 1. The molecule has 0 saturated carbocycles. The van der Waals surface area contributed by atoms with Crippen LogP contribution in [-0.4, -0.2) is 15.9 Å². The first-order chi connectivity index (χ1) is 11.6. The maximum atomic E-state index is 13.1. The number of ether oxygens (including phenoxy) is 1. The Morgan fingerprint density at radius 2 is 2.29 bits per heavy atom. The predicted molar refractivity (Wildman–Crippen MR) is 85.3 cm³/mol. The number of halogens is 1. The zero-order chi connectivity index (χ0) is 16.9. The number of thiazole rings is 1. The number of benzene rings is 1. The van der Waals surface area contributed by atoms with E-state index in [-0.39, 0.29) is 24.1 Å². The van der Waals surface area contributed by atoms with Crippen LogP contribution in [0, 0.1) is 12.7 Å². The zero-order valence-corrected chi connectivity index (χ0v) is 13.6. The summed E-state index contributed by atoms with van der Waals surface area (Å²) >= 11 is 1.48. The van der Waals surface area contributed by atoms with Gasteiger partial charge in [-0.05, 0) is 19.1 Å². The largest absolute Gasteiger partial charge is 0.484 e. The van der Waals surface area contributed by atoms with Gasteiger partial charge in [0, 0.05) is 17.1 Å². The second kappa shape index (κ2) is 7.22. The topological polar surface area (TPSA) is 77.2 Å². The van der Waals surface area contributed by atoms with Gasteiger partial charge in [-0.25, -0.2) is 14.4 Å². The van der Waals surface area contributed by atoms with Crippen LogP contribution < -0.4 is 10.1 Å². The van der Waals surface area contributed by atoms with Crippen LogP contribution in [-0.2, 0) is 13.2 Å². The lowest BCUT2D eigenvalue weighted by atomic mass is 10.3. The minimum Gasteiger partial charge on any atom is -0.484 e. The summed E-state index contributed by atoms with van der Waals surface area (Å²) in [7, 11) is 0. The Morgan fingerprint density at radius 3 is 3.04 bits per heavy atom. The van der Waals surface area contributed by atoms with Crippen LogP contribution in [0.2, 0.25) is 0 Å². The molecule has 0 unspecified atom stereocenters. The first-order valence-electron chi connectivity index (χ1n) is 7.12. The van der Waals surface area contributed by atoms with Crippen LogP contribution in [0.3, 0.4) is 0 Å². The Morgan fingerprint density at radius 1 is 1.42 bits per heavy atom. The maximum Gasteiger partial charge on any atom is 0.273 e. The van der Waals surface area contributed by atoms with Gasteiger partial charge in [-0.3, -0.25) is 4.79 Å². The first kappa shape index (κ1) is 16.1. The molecule has 0 spiro atoms. The van der Waals surface area contributed by atoms with Crippen LogP contribution in [0.25, 0.3) is 0 Å². The highest BCUT2D eigenvalue weighted by Crippen LogP contribution is 2.14. The second-order valence-electron chi connectivity index (χ2n) is 4.94. The van der Waals surface area contributed by atoms with Gasteiger partial charge in [0.15, 0.2) is 12.3 Å². The van der Waals surface area contributed by atoms with E-state index in [1.54, 1.807) is 12.1 Å². The average molecular weight is 347 g/mol. The number of amides is 1. The molecule has 1 amide bonds. The number of carbonyl (C=O) groups excluding carboxylic acids is 1. The van der Waals surface area contributed by atoms with Crippen LogP contribution in [0.5, 0.6) is 5.75 Å². The lowest BCUT2D eigenvalue weighted by Gasteiger charge is -2.02. The van der Waals surface area contributed by atoms with Crippen molar-refractivity contribution >= 4 is 17.2 Å². The molecule has 0 radical (unpaired) electrons. The number of aryl methyl sites for hydroxylation is 1. The van der Waals surface area contributed by atoms with Crippen molar-refractivity contribution in [3.63, 3.8) is 0 Å². The van der Waals surface area contributed by atoms with Crippen molar-refractivity contribution in [3.8, 4) is 5.75 Å². The van der Waals surface area contributed by atoms with Crippen molar-refractivity contribution in [3.05, 3.63) is 64.0 Å². The first-order valence-corrected chi connectivity index (χ1v) is 8.00. The van der Waals surface area contributed by atoms with E-state index in [1.807, 2.05) is 12.3 Å². The Labute approximate surface area is 141 Å². The normalized spacial score (nSPS) is 10.6. The fraction of sp³-hybridized carbons (Fsp3) is 0.188. The second-order valence-corrected chi connectivity index (χ2v) is 5.88. The molecule has 0 aliphatic carbocycles. The lowest BCUT2D eigenvalue weighted by molar-refractivity contribution is 0.0945. The minimum absolute atomic E-state index is 0.00239. The molecule has 3 aromatic rings. The van der Waals surface area contributed by atoms with Gasteiger partial charge in [-0.15, -0.1) is 11.3 Å². The van der Waals surface area contributed by atoms with Gasteiger partial charge < -0.3 is 14.5 Å². The highest BCUT2D eigenvalue weighted by molar-refractivity contribution is 7.09. The van der Waals surface area contributed by atoms with Gasteiger partial charge >= 0.3 is 0 Å². The van der Waals surface area contributed by atoms with Gasteiger partial charge in [0.05, 0.1) is 6.54 Å². The molecule has 2 aromatic heterocycles. The summed E-state index contributed by atoms with van der Waals surface area (Å²) in [5.41, 5.74) is 1.07. The third-order valence-corrected chi connectivity index (χ3v) is 3.98. The van der Waals surface area contributed by atoms with E-state index in [2.05, 4.69) is 15.3 Å². The standard InChI is InChI=1S/C16H14FN3O3S/c1-10-9-24-15(19-10)6-18-16(21)13-7-23-14(20-13)8-22-12-4-2-3-11(17)5-12/h2-5,7,9H,6,8H2,1H3,(H,18,21). The highest BCUT2D eigenvalue weighted by atomic mass is 32.1. The van der Waals surface area contributed by atoms with Gasteiger partial charge in [-0.1, -0.05) is 6.07 Å². The number of nitrogens with zero attached hydrogens (tertiary/aromatic N) is 2. The van der Waals surface area contributed by atoms with Crippen molar-refractivity contribution in [2.45, 2.75) is 20.1 Å². The summed E-state index contributed by atoms with van der Waals surface area (Å²) in [5, 5.41) is 5.45. The van der Waals surface area contributed by atoms with Crippen LogP contribution >= 0.6 is 11.3 Å². The van der Waals surface area contributed by atoms with Crippen molar-refractivity contribution in [2.24, 2.45) is 0 Å². The van der Waals surface area contributed by atoms with Crippen LogP contribution in [0.4, 0.5) is 4.39 Å². The van der Waals surface area contributed by atoms with Crippen LogP contribution in [0.1, 0.15) is 27.1 Å². The zero-order valence-electron chi connectivity index (χ0n) is 12.8. The van der Waals surface area contributed by atoms with E-state index in [0.29, 0.717) is 12.3 Å². The quantitative estimate of drug-likeness (QED) is 0.741. The Balaban J connectivity index is 1.53. The van der Waals surface area contributed by atoms with E-state index in [9.17, 15) is 9.18 Å². The minimum atomic E-state index is -0.391. The van der Waals surface area contributed by atoms with E-state index in [1.165, 1.54) is 29.7 Å². The number of hydrogen-bond acceptors (Lipinski definition) is 6. The number of nitrogens with one attached hydrogen (secondary N) is 1. The SMILES string of the molecule is Cc1csc(CNC(=O)c2coc(COc3cccc(F)c3)n2)n1. The lowest BCUT2D eigenvalue weighted by Crippen LogP contribution is -2.23. The third-order valence-electron chi connectivity index (χ3n) is 3.01. The molecule has 0 bridgehead atoms. The fourth-order valence-corrected chi connectivity index (χ4v) is 2.63. The molecule has 24 heavy (non-hydrogen) atoms. The van der Waals surface area contributed by atoms with Gasteiger partial charge in [0.1, 0.15) is 22.8 Å². The summed E-state index contributed by atoms with van der Waals surface area (Å²) in [6.07, 6.45) is 1.26. The Bertz CT molecular complexity index is 846.